The van der Waals surface area contributed by atoms with Crippen molar-refractivity contribution in [2.45, 2.75) is 76.7 Å². The number of rotatable bonds is 5. The molecule has 2 aliphatic rings. The van der Waals surface area contributed by atoms with Crippen molar-refractivity contribution in [1.29, 1.82) is 0 Å². The highest BCUT2D eigenvalue weighted by atomic mass is 15.3. The van der Waals surface area contributed by atoms with Crippen LogP contribution in [0, 0.1) is 0 Å². The Balaban J connectivity index is 1.98. The van der Waals surface area contributed by atoms with Crippen LogP contribution in [0.1, 0.15) is 52.9 Å². The molecule has 2 fully saturated rings. The molecule has 0 aliphatic carbocycles. The van der Waals surface area contributed by atoms with Crippen molar-refractivity contribution in [2.24, 2.45) is 0 Å². The predicted octanol–water partition coefficient (Wildman–Crippen LogP) is 1.53. The number of nitrogens with zero attached hydrogens (tertiary/aromatic N) is 1. The fourth-order valence-electron chi connectivity index (χ4n) is 3.50. The molecular weight excluding hydrogens is 248 g/mol. The molecule has 0 amide bonds. The molecule has 0 spiro atoms. The van der Waals surface area contributed by atoms with Crippen LogP contribution in [0.2, 0.25) is 0 Å². The summed E-state index contributed by atoms with van der Waals surface area (Å²) in [4.78, 5) is 2.60. The summed E-state index contributed by atoms with van der Waals surface area (Å²) in [5.74, 6) is 0. The van der Waals surface area contributed by atoms with E-state index in [4.69, 9.17) is 0 Å². The number of piperidine rings is 2. The topological polar surface area (TPSA) is 39.3 Å². The van der Waals surface area contributed by atoms with Crippen LogP contribution in [-0.4, -0.2) is 55.4 Å². The molecule has 118 valence electrons. The van der Waals surface area contributed by atoms with Crippen LogP contribution in [0.3, 0.4) is 0 Å². The van der Waals surface area contributed by atoms with Crippen LogP contribution in [-0.2, 0) is 0 Å². The standard InChI is InChI=1S/C16H34N4/c1-5-16(2,3)19-14-7-6-10-18-15(14)20(4)13-8-11-17-12-9-13/h13-15,17-19H,5-12H2,1-4H3. The zero-order valence-corrected chi connectivity index (χ0v) is 13.8. The lowest BCUT2D eigenvalue weighted by molar-refractivity contribution is 0.0635. The van der Waals surface area contributed by atoms with Gasteiger partial charge in [-0.1, -0.05) is 6.92 Å². The summed E-state index contributed by atoms with van der Waals surface area (Å²) in [6.07, 6.45) is 6.78. The van der Waals surface area contributed by atoms with Crippen molar-refractivity contribution in [3.05, 3.63) is 0 Å². The van der Waals surface area contributed by atoms with Crippen LogP contribution >= 0.6 is 0 Å². The minimum absolute atomic E-state index is 0.233. The minimum atomic E-state index is 0.233. The zero-order chi connectivity index (χ0) is 14.6. The fourth-order valence-corrected chi connectivity index (χ4v) is 3.50. The first-order chi connectivity index (χ1) is 9.53. The van der Waals surface area contributed by atoms with Crippen molar-refractivity contribution in [3.8, 4) is 0 Å². The summed E-state index contributed by atoms with van der Waals surface area (Å²) in [6.45, 7) is 10.4. The van der Waals surface area contributed by atoms with Crippen LogP contribution in [0.5, 0.6) is 0 Å². The van der Waals surface area contributed by atoms with E-state index in [1.165, 1.54) is 45.2 Å². The molecule has 2 rings (SSSR count). The van der Waals surface area contributed by atoms with Gasteiger partial charge in [0.15, 0.2) is 0 Å². The second kappa shape index (κ2) is 7.21. The van der Waals surface area contributed by atoms with E-state index in [1.54, 1.807) is 0 Å². The van der Waals surface area contributed by atoms with Gasteiger partial charge in [0.05, 0.1) is 6.17 Å². The van der Waals surface area contributed by atoms with Crippen molar-refractivity contribution >= 4 is 0 Å². The molecule has 0 saturated carbocycles. The molecule has 4 nitrogen and oxygen atoms in total. The van der Waals surface area contributed by atoms with Gasteiger partial charge in [-0.2, -0.15) is 0 Å². The maximum absolute atomic E-state index is 3.90. The maximum atomic E-state index is 3.90. The Morgan fingerprint density at radius 2 is 1.85 bits per heavy atom. The lowest BCUT2D eigenvalue weighted by Crippen LogP contribution is -2.65. The molecule has 2 saturated heterocycles. The lowest BCUT2D eigenvalue weighted by Gasteiger charge is -2.46. The van der Waals surface area contributed by atoms with Crippen LogP contribution in [0.15, 0.2) is 0 Å². The lowest BCUT2D eigenvalue weighted by atomic mass is 9.94. The molecule has 2 aliphatic heterocycles. The summed E-state index contributed by atoms with van der Waals surface area (Å²) in [5, 5.41) is 11.1. The van der Waals surface area contributed by atoms with Gasteiger partial charge >= 0.3 is 0 Å². The Hall–Kier alpha value is -0.160. The van der Waals surface area contributed by atoms with Crippen molar-refractivity contribution < 1.29 is 0 Å². The smallest absolute Gasteiger partial charge is 0.0755 e. The second-order valence-corrected chi connectivity index (χ2v) is 7.18. The van der Waals surface area contributed by atoms with E-state index in [0.717, 1.165) is 12.6 Å². The Bertz CT molecular complexity index is 286. The zero-order valence-electron chi connectivity index (χ0n) is 13.8. The van der Waals surface area contributed by atoms with E-state index in [2.05, 4.69) is 48.7 Å². The van der Waals surface area contributed by atoms with E-state index in [9.17, 15) is 0 Å². The number of hydrogen-bond donors (Lipinski definition) is 3. The van der Waals surface area contributed by atoms with Crippen LogP contribution in [0.25, 0.3) is 0 Å². The molecule has 0 bridgehead atoms. The minimum Gasteiger partial charge on any atom is -0.317 e. The largest absolute Gasteiger partial charge is 0.317 e. The first-order valence-electron chi connectivity index (χ1n) is 8.47. The van der Waals surface area contributed by atoms with E-state index >= 15 is 0 Å². The highest BCUT2D eigenvalue weighted by molar-refractivity contribution is 4.93. The Labute approximate surface area is 125 Å². The number of hydrogen-bond acceptors (Lipinski definition) is 4. The summed E-state index contributed by atoms with van der Waals surface area (Å²) in [5.41, 5.74) is 0.233. The summed E-state index contributed by atoms with van der Waals surface area (Å²) >= 11 is 0. The van der Waals surface area contributed by atoms with Crippen LogP contribution in [0.4, 0.5) is 0 Å². The first-order valence-corrected chi connectivity index (χ1v) is 8.47. The summed E-state index contributed by atoms with van der Waals surface area (Å²) in [7, 11) is 2.31. The van der Waals surface area contributed by atoms with Gasteiger partial charge < -0.3 is 16.0 Å². The molecular formula is C16H34N4. The molecule has 2 atom stereocenters. The fraction of sp³-hybridized carbons (Fsp3) is 1.00. The average molecular weight is 282 g/mol. The quantitative estimate of drug-likeness (QED) is 0.715. The second-order valence-electron chi connectivity index (χ2n) is 7.18. The van der Waals surface area contributed by atoms with Gasteiger partial charge in [-0.05, 0) is 72.6 Å². The Morgan fingerprint density at radius 3 is 2.50 bits per heavy atom. The van der Waals surface area contributed by atoms with E-state index < -0.39 is 0 Å². The third-order valence-electron chi connectivity index (χ3n) is 5.21. The monoisotopic (exact) mass is 282 g/mol. The highest BCUT2D eigenvalue weighted by Crippen LogP contribution is 2.21. The average Bonchev–Trinajstić information content (AvgIpc) is 2.48. The number of likely N-dealkylation sites (N-methyl/N-ethyl adjacent to an activating group) is 1. The number of nitrogens with one attached hydrogen (secondary N) is 3. The van der Waals surface area contributed by atoms with Gasteiger partial charge in [-0.25, -0.2) is 0 Å². The molecule has 0 aromatic heterocycles. The summed E-state index contributed by atoms with van der Waals surface area (Å²) in [6, 6.07) is 1.29. The van der Waals surface area contributed by atoms with Crippen LogP contribution < -0.4 is 16.0 Å². The van der Waals surface area contributed by atoms with Gasteiger partial charge in [-0.3, -0.25) is 4.90 Å². The van der Waals surface area contributed by atoms with Crippen molar-refractivity contribution in [3.63, 3.8) is 0 Å². The third kappa shape index (κ3) is 4.17. The molecule has 20 heavy (non-hydrogen) atoms. The Morgan fingerprint density at radius 1 is 1.15 bits per heavy atom. The first kappa shape index (κ1) is 16.2. The van der Waals surface area contributed by atoms with Gasteiger partial charge in [0, 0.05) is 17.6 Å². The van der Waals surface area contributed by atoms with Gasteiger partial charge in [0.1, 0.15) is 0 Å². The summed E-state index contributed by atoms with van der Waals surface area (Å²) < 4.78 is 0. The predicted molar refractivity (Wildman–Crippen MR) is 86.0 cm³/mol. The molecule has 2 heterocycles. The third-order valence-corrected chi connectivity index (χ3v) is 5.21. The SMILES string of the molecule is CCC(C)(C)NC1CCCNC1N(C)C1CCNCC1. The molecule has 2 unspecified atom stereocenters. The van der Waals surface area contributed by atoms with E-state index in [0.29, 0.717) is 12.2 Å². The molecule has 4 heteroatoms. The Kier molecular flexibility index (Phi) is 5.84. The van der Waals surface area contributed by atoms with Gasteiger partial charge in [-0.15, -0.1) is 0 Å². The van der Waals surface area contributed by atoms with Gasteiger partial charge in [0.2, 0.25) is 0 Å². The normalized spacial score (nSPS) is 29.9. The molecule has 0 aromatic rings. The van der Waals surface area contributed by atoms with Crippen molar-refractivity contribution in [1.82, 2.24) is 20.9 Å². The van der Waals surface area contributed by atoms with E-state index in [1.807, 2.05) is 0 Å². The highest BCUT2D eigenvalue weighted by Gasteiger charge is 2.34. The van der Waals surface area contributed by atoms with Gasteiger partial charge in [0.25, 0.3) is 0 Å². The maximum Gasteiger partial charge on any atom is 0.0755 e. The van der Waals surface area contributed by atoms with E-state index in [-0.39, 0.29) is 5.54 Å². The molecule has 3 N–H and O–H groups in total. The van der Waals surface area contributed by atoms with Crippen molar-refractivity contribution in [2.75, 3.05) is 26.7 Å². The molecule has 0 aromatic carbocycles. The molecule has 0 radical (unpaired) electrons.